The molecule has 0 bridgehead atoms. The molecule has 0 radical (unpaired) electrons. The Hall–Kier alpha value is -0.610. The van der Waals surface area contributed by atoms with Crippen LogP contribution >= 0.6 is 0 Å². The van der Waals surface area contributed by atoms with E-state index in [0.717, 1.165) is 39.3 Å². The van der Waals surface area contributed by atoms with Gasteiger partial charge in [-0.05, 0) is 12.5 Å². The molecule has 17 heavy (non-hydrogen) atoms. The van der Waals surface area contributed by atoms with Crippen molar-refractivity contribution in [1.29, 1.82) is 0 Å². The van der Waals surface area contributed by atoms with E-state index in [-0.39, 0.29) is 11.3 Å². The van der Waals surface area contributed by atoms with Crippen LogP contribution in [0, 0.1) is 11.3 Å². The van der Waals surface area contributed by atoms with Crippen LogP contribution in [0.15, 0.2) is 0 Å². The van der Waals surface area contributed by atoms with Gasteiger partial charge in [0.15, 0.2) is 0 Å². The molecule has 0 aliphatic carbocycles. The van der Waals surface area contributed by atoms with Gasteiger partial charge in [-0.25, -0.2) is 0 Å². The Bertz CT molecular complexity index is 252. The van der Waals surface area contributed by atoms with Gasteiger partial charge in [0.25, 0.3) is 0 Å². The number of nitrogens with two attached hydrogens (primary N) is 1. The Morgan fingerprint density at radius 3 is 2.18 bits per heavy atom. The first-order valence-electron chi connectivity index (χ1n) is 6.56. The van der Waals surface area contributed by atoms with Crippen LogP contribution in [0.1, 0.15) is 27.7 Å². The zero-order valence-corrected chi connectivity index (χ0v) is 11.7. The van der Waals surface area contributed by atoms with Gasteiger partial charge < -0.3 is 10.6 Å². The smallest absolute Gasteiger partial charge is 0.228 e. The summed E-state index contributed by atoms with van der Waals surface area (Å²) in [7, 11) is 0. The highest BCUT2D eigenvalue weighted by molar-refractivity contribution is 5.81. The van der Waals surface area contributed by atoms with Gasteiger partial charge >= 0.3 is 0 Å². The van der Waals surface area contributed by atoms with Crippen molar-refractivity contribution in [2.75, 3.05) is 39.3 Å². The maximum Gasteiger partial charge on any atom is 0.228 e. The third-order valence-corrected chi connectivity index (χ3v) is 3.27. The second-order valence-corrected chi connectivity index (χ2v) is 6.18. The van der Waals surface area contributed by atoms with E-state index in [1.54, 1.807) is 0 Å². The monoisotopic (exact) mass is 241 g/mol. The van der Waals surface area contributed by atoms with Crippen molar-refractivity contribution in [1.82, 2.24) is 9.80 Å². The molecule has 1 unspecified atom stereocenters. The van der Waals surface area contributed by atoms with Gasteiger partial charge in [-0.2, -0.15) is 0 Å². The van der Waals surface area contributed by atoms with Gasteiger partial charge in [0.1, 0.15) is 0 Å². The fraction of sp³-hybridized carbons (Fsp3) is 0.923. The third kappa shape index (κ3) is 4.28. The van der Waals surface area contributed by atoms with Gasteiger partial charge in [0, 0.05) is 38.1 Å². The number of carbonyl (C=O) groups excluding carboxylic acids is 1. The highest BCUT2D eigenvalue weighted by atomic mass is 16.2. The number of nitrogens with zero attached hydrogens (tertiary/aromatic N) is 2. The zero-order chi connectivity index (χ0) is 13.1. The first-order chi connectivity index (χ1) is 7.84. The van der Waals surface area contributed by atoms with Gasteiger partial charge in [-0.1, -0.05) is 27.7 Å². The summed E-state index contributed by atoms with van der Waals surface area (Å²) in [5.74, 6) is 0.809. The summed E-state index contributed by atoms with van der Waals surface area (Å²) in [5, 5.41) is 0. The van der Waals surface area contributed by atoms with Crippen LogP contribution in [0.2, 0.25) is 0 Å². The number of amides is 1. The van der Waals surface area contributed by atoms with Crippen LogP contribution in [0.25, 0.3) is 0 Å². The Morgan fingerprint density at radius 1 is 1.24 bits per heavy atom. The standard InChI is InChI=1S/C13H27N3O/c1-11(9-14)10-15-5-7-16(8-6-15)12(17)13(2,3)4/h11H,5-10,14H2,1-4H3. The van der Waals surface area contributed by atoms with Crippen molar-refractivity contribution >= 4 is 5.91 Å². The lowest BCUT2D eigenvalue weighted by atomic mass is 9.94. The quantitative estimate of drug-likeness (QED) is 0.794. The summed E-state index contributed by atoms with van der Waals surface area (Å²) in [5.41, 5.74) is 5.37. The highest BCUT2D eigenvalue weighted by Crippen LogP contribution is 2.18. The molecule has 4 nitrogen and oxygen atoms in total. The summed E-state index contributed by atoms with van der Waals surface area (Å²) in [6.07, 6.45) is 0. The molecule has 0 aromatic heterocycles. The first kappa shape index (κ1) is 14.5. The Morgan fingerprint density at radius 2 is 1.76 bits per heavy atom. The molecule has 0 saturated carbocycles. The molecule has 1 aliphatic rings. The highest BCUT2D eigenvalue weighted by Gasteiger charge is 2.29. The van der Waals surface area contributed by atoms with E-state index in [1.165, 1.54) is 0 Å². The Balaban J connectivity index is 2.38. The third-order valence-electron chi connectivity index (χ3n) is 3.27. The molecule has 2 N–H and O–H groups in total. The van der Waals surface area contributed by atoms with Crippen LogP contribution in [-0.2, 0) is 4.79 Å². The average Bonchev–Trinajstić information content (AvgIpc) is 2.27. The minimum Gasteiger partial charge on any atom is -0.340 e. The zero-order valence-electron chi connectivity index (χ0n) is 11.7. The number of rotatable bonds is 3. The average molecular weight is 241 g/mol. The molecule has 0 aromatic carbocycles. The van der Waals surface area contributed by atoms with E-state index in [1.807, 2.05) is 25.7 Å². The fourth-order valence-corrected chi connectivity index (χ4v) is 2.12. The Labute approximate surface area is 105 Å². The second-order valence-electron chi connectivity index (χ2n) is 6.18. The molecule has 0 spiro atoms. The van der Waals surface area contributed by atoms with Crippen LogP contribution in [0.4, 0.5) is 0 Å². The van der Waals surface area contributed by atoms with Crippen LogP contribution in [-0.4, -0.2) is 55.0 Å². The number of hydrogen-bond acceptors (Lipinski definition) is 3. The van der Waals surface area contributed by atoms with Gasteiger partial charge in [-0.3, -0.25) is 9.69 Å². The molecule has 1 heterocycles. The van der Waals surface area contributed by atoms with Crippen LogP contribution < -0.4 is 5.73 Å². The fourth-order valence-electron chi connectivity index (χ4n) is 2.12. The van der Waals surface area contributed by atoms with Crippen molar-refractivity contribution in [2.45, 2.75) is 27.7 Å². The summed E-state index contributed by atoms with van der Waals surface area (Å²) >= 11 is 0. The van der Waals surface area contributed by atoms with Crippen molar-refractivity contribution in [3.8, 4) is 0 Å². The van der Waals surface area contributed by atoms with Crippen molar-refractivity contribution < 1.29 is 4.79 Å². The molecule has 4 heteroatoms. The molecule has 1 amide bonds. The number of piperazine rings is 1. The molecule has 0 aromatic rings. The molecular formula is C13H27N3O. The van der Waals surface area contributed by atoms with Gasteiger partial charge in [-0.15, -0.1) is 0 Å². The van der Waals surface area contributed by atoms with Crippen molar-refractivity contribution in [2.24, 2.45) is 17.1 Å². The molecule has 1 aliphatic heterocycles. The molecule has 100 valence electrons. The topological polar surface area (TPSA) is 49.6 Å². The minimum atomic E-state index is -0.257. The number of carbonyl (C=O) groups is 1. The van der Waals surface area contributed by atoms with Crippen LogP contribution in [0.3, 0.4) is 0 Å². The first-order valence-corrected chi connectivity index (χ1v) is 6.56. The summed E-state index contributed by atoms with van der Waals surface area (Å²) < 4.78 is 0. The van der Waals surface area contributed by atoms with E-state index >= 15 is 0 Å². The molecule has 1 saturated heterocycles. The lowest BCUT2D eigenvalue weighted by molar-refractivity contribution is -0.141. The molecule has 1 rings (SSSR count). The van der Waals surface area contributed by atoms with Gasteiger partial charge in [0.05, 0.1) is 0 Å². The van der Waals surface area contributed by atoms with Crippen molar-refractivity contribution in [3.05, 3.63) is 0 Å². The van der Waals surface area contributed by atoms with Crippen LogP contribution in [0.5, 0.6) is 0 Å². The summed E-state index contributed by atoms with van der Waals surface area (Å²) in [6.45, 7) is 13.6. The summed E-state index contributed by atoms with van der Waals surface area (Å²) in [6, 6.07) is 0. The molecular weight excluding hydrogens is 214 g/mol. The van der Waals surface area contributed by atoms with E-state index in [4.69, 9.17) is 5.73 Å². The minimum absolute atomic E-state index is 0.257. The Kier molecular flexibility index (Phi) is 4.95. The van der Waals surface area contributed by atoms with E-state index in [9.17, 15) is 4.79 Å². The van der Waals surface area contributed by atoms with Gasteiger partial charge in [0.2, 0.25) is 5.91 Å². The normalized spacial score (nSPS) is 20.4. The largest absolute Gasteiger partial charge is 0.340 e. The van der Waals surface area contributed by atoms with E-state index in [2.05, 4.69) is 11.8 Å². The summed E-state index contributed by atoms with van der Waals surface area (Å²) in [4.78, 5) is 16.5. The predicted octanol–water partition coefficient (Wildman–Crippen LogP) is 0.772. The second kappa shape index (κ2) is 5.83. The molecule has 1 atom stereocenters. The van der Waals surface area contributed by atoms with Crippen molar-refractivity contribution in [3.63, 3.8) is 0 Å². The number of hydrogen-bond donors (Lipinski definition) is 1. The maximum absolute atomic E-state index is 12.1. The SMILES string of the molecule is CC(CN)CN1CCN(C(=O)C(C)(C)C)CC1. The predicted molar refractivity (Wildman–Crippen MR) is 70.7 cm³/mol. The van der Waals surface area contributed by atoms with E-state index in [0.29, 0.717) is 5.92 Å². The van der Waals surface area contributed by atoms with E-state index < -0.39 is 0 Å². The maximum atomic E-state index is 12.1. The lowest BCUT2D eigenvalue weighted by Crippen LogP contribution is -2.52. The molecule has 1 fully saturated rings. The lowest BCUT2D eigenvalue weighted by Gasteiger charge is -2.38.